The van der Waals surface area contributed by atoms with E-state index >= 15 is 0 Å². The first-order chi connectivity index (χ1) is 20.8. The van der Waals surface area contributed by atoms with Gasteiger partial charge in [0.2, 0.25) is 5.91 Å². The number of fused-ring (bicyclic) bond motifs is 6. The molecule has 2 aromatic rings. The number of benzene rings is 1. The predicted octanol–water partition coefficient (Wildman–Crippen LogP) is 6.07. The Kier molecular flexibility index (Phi) is 8.23. The molecule has 4 aliphatic rings. The van der Waals surface area contributed by atoms with E-state index in [-0.39, 0.29) is 34.5 Å². The van der Waals surface area contributed by atoms with Crippen LogP contribution < -0.4 is 10.9 Å². The minimum Gasteiger partial charge on any atom is -0.481 e. The largest absolute Gasteiger partial charge is 0.481 e. The number of aliphatic carboxylic acids is 1. The molecule has 4 fully saturated rings. The minimum atomic E-state index is -1.09. The van der Waals surface area contributed by atoms with Crippen molar-refractivity contribution >= 4 is 28.5 Å². The van der Waals surface area contributed by atoms with Gasteiger partial charge in [-0.25, -0.2) is 4.79 Å². The van der Waals surface area contributed by atoms with Crippen LogP contribution in [0, 0.1) is 53.3 Å². The lowest BCUT2D eigenvalue weighted by molar-refractivity contribution is -0.174. The highest BCUT2D eigenvalue weighted by molar-refractivity contribution is 5.94. The fraction of sp³-hybridized carbons (Fsp3) is 0.694. The number of carbonyl (C=O) groups excluding carboxylic acids is 1. The molecule has 8 nitrogen and oxygen atoms in total. The quantitative estimate of drug-likeness (QED) is 0.280. The number of aliphatic hydroxyl groups is 2. The number of carbonyl (C=O) groups is 2. The van der Waals surface area contributed by atoms with Gasteiger partial charge in [0.05, 0.1) is 24.2 Å². The number of nitrogens with one attached hydrogen (secondary N) is 1. The van der Waals surface area contributed by atoms with E-state index in [9.17, 15) is 24.6 Å². The number of amides is 1. The summed E-state index contributed by atoms with van der Waals surface area (Å²) in [6, 6.07) is 5.12. The monoisotopic (exact) mass is 607 g/mol. The van der Waals surface area contributed by atoms with E-state index in [2.05, 4.69) is 26.1 Å². The van der Waals surface area contributed by atoms with E-state index in [4.69, 9.17) is 9.52 Å². The Balaban J connectivity index is 1.10. The zero-order valence-corrected chi connectivity index (χ0v) is 26.6. The van der Waals surface area contributed by atoms with Gasteiger partial charge in [0.15, 0.2) is 0 Å². The van der Waals surface area contributed by atoms with Crippen molar-refractivity contribution in [2.24, 2.45) is 46.3 Å². The van der Waals surface area contributed by atoms with Gasteiger partial charge >= 0.3 is 11.6 Å². The van der Waals surface area contributed by atoms with E-state index < -0.39 is 18.0 Å². The van der Waals surface area contributed by atoms with Gasteiger partial charge in [-0.05, 0) is 129 Å². The molecule has 0 saturated heterocycles. The molecule has 0 radical (unpaired) electrons. The summed E-state index contributed by atoms with van der Waals surface area (Å²) in [7, 11) is 0. The van der Waals surface area contributed by atoms with Crippen LogP contribution >= 0.6 is 0 Å². The maximum absolute atomic E-state index is 13.0. The van der Waals surface area contributed by atoms with Gasteiger partial charge in [-0.3, -0.25) is 9.59 Å². The Bertz CT molecular complexity index is 1500. The Morgan fingerprint density at radius 1 is 1.07 bits per heavy atom. The Hall–Kier alpha value is -2.71. The molecule has 0 aliphatic heterocycles. The lowest BCUT2D eigenvalue weighted by Crippen LogP contribution is -2.58. The van der Waals surface area contributed by atoms with Crippen molar-refractivity contribution in [3.63, 3.8) is 0 Å². The molecule has 6 rings (SSSR count). The molecule has 8 heteroatoms. The molecule has 0 spiro atoms. The van der Waals surface area contributed by atoms with Gasteiger partial charge in [0.25, 0.3) is 0 Å². The zero-order valence-electron chi connectivity index (χ0n) is 26.6. The molecule has 1 amide bonds. The minimum absolute atomic E-state index is 0.104. The summed E-state index contributed by atoms with van der Waals surface area (Å²) in [6.45, 7) is 8.73. The lowest BCUT2D eigenvalue weighted by Gasteiger charge is -2.62. The maximum Gasteiger partial charge on any atom is 0.340 e. The normalized spacial score (nSPS) is 37.1. The molecule has 0 bridgehead atoms. The van der Waals surface area contributed by atoms with Gasteiger partial charge in [-0.1, -0.05) is 20.8 Å². The lowest BCUT2D eigenvalue weighted by atomic mass is 9.43. The number of hydrogen-bond acceptors (Lipinski definition) is 6. The molecular weight excluding hydrogens is 558 g/mol. The number of hydrogen-bond donors (Lipinski definition) is 4. The van der Waals surface area contributed by atoms with Crippen molar-refractivity contribution in [3.05, 3.63) is 39.7 Å². The van der Waals surface area contributed by atoms with Crippen LogP contribution in [0.15, 0.2) is 27.4 Å². The summed E-state index contributed by atoms with van der Waals surface area (Å²) < 4.78 is 5.41. The third kappa shape index (κ3) is 5.20. The number of carboxylic acids is 1. The number of anilines is 1. The van der Waals surface area contributed by atoms with Gasteiger partial charge in [0, 0.05) is 23.6 Å². The predicted molar refractivity (Wildman–Crippen MR) is 168 cm³/mol. The first kappa shape index (κ1) is 31.3. The molecule has 4 N–H and O–H groups in total. The Morgan fingerprint density at radius 2 is 1.84 bits per heavy atom. The highest BCUT2D eigenvalue weighted by Gasteiger charge is 2.63. The van der Waals surface area contributed by atoms with E-state index in [1.807, 2.05) is 0 Å². The van der Waals surface area contributed by atoms with Crippen LogP contribution in [0.4, 0.5) is 5.69 Å². The first-order valence-corrected chi connectivity index (χ1v) is 16.8. The smallest absolute Gasteiger partial charge is 0.340 e. The van der Waals surface area contributed by atoms with Crippen LogP contribution in [0.1, 0.15) is 96.1 Å². The van der Waals surface area contributed by atoms with E-state index in [1.165, 1.54) is 12.8 Å². The second-order valence-electron chi connectivity index (χ2n) is 15.2. The average molecular weight is 608 g/mol. The van der Waals surface area contributed by atoms with Gasteiger partial charge in [-0.15, -0.1) is 0 Å². The SMILES string of the molecule is Cc1c(CC(=O)O)c(=O)oc2cc(NC(=O)CC[C@@H](C)[C@H]3CC[C@H]4C5CCC6C[C@H](O)CC[C@]6(C)C5CC(O)C34C)ccc12. The molecule has 1 aromatic heterocycles. The summed E-state index contributed by atoms with van der Waals surface area (Å²) in [6.07, 6.45) is 8.57. The zero-order chi connectivity index (χ0) is 31.6. The Morgan fingerprint density at radius 3 is 2.59 bits per heavy atom. The fourth-order valence-electron chi connectivity index (χ4n) is 10.8. The third-order valence-electron chi connectivity index (χ3n) is 13.2. The highest BCUT2D eigenvalue weighted by atomic mass is 16.4. The topological polar surface area (TPSA) is 137 Å². The van der Waals surface area contributed by atoms with Crippen LogP contribution in [-0.4, -0.2) is 39.4 Å². The van der Waals surface area contributed by atoms with Gasteiger partial charge in [0.1, 0.15) is 5.58 Å². The standard InChI is InChI=1S/C36H49NO7/c1-19(5-12-32(40)37-22-7-9-24-20(2)26(17-33(41)42)34(43)44-30(24)16-22)27-10-11-28-25-8-6-21-15-23(38)13-14-35(21,3)29(25)18-31(39)36(27,28)4/h7,9,16,19,21,23,25,27-29,31,38-39H,5-6,8,10-15,17-18H2,1-4H3,(H,37,40)(H,41,42)/t19-,21?,23-,25?,27-,28+,29?,31?,35+,36?/m1/s1. The Labute approximate surface area is 259 Å². The molecule has 5 unspecified atom stereocenters. The van der Waals surface area contributed by atoms with Crippen molar-refractivity contribution in [1.29, 1.82) is 0 Å². The van der Waals surface area contributed by atoms with Crippen LogP contribution in [0.25, 0.3) is 11.0 Å². The van der Waals surface area contributed by atoms with E-state index in [1.54, 1.807) is 25.1 Å². The van der Waals surface area contributed by atoms with Crippen LogP contribution in [0.5, 0.6) is 0 Å². The highest BCUT2D eigenvalue weighted by Crippen LogP contribution is 2.68. The molecule has 1 heterocycles. The summed E-state index contributed by atoms with van der Waals surface area (Å²) in [5.74, 6) is 1.70. The molecule has 1 aromatic carbocycles. The van der Waals surface area contributed by atoms with Crippen molar-refractivity contribution in [3.8, 4) is 0 Å². The summed E-state index contributed by atoms with van der Waals surface area (Å²) >= 11 is 0. The summed E-state index contributed by atoms with van der Waals surface area (Å²) in [4.78, 5) is 36.6. The maximum atomic E-state index is 13.0. The third-order valence-corrected chi connectivity index (χ3v) is 13.2. The molecule has 10 atom stereocenters. The van der Waals surface area contributed by atoms with Crippen molar-refractivity contribution in [2.75, 3.05) is 5.32 Å². The molecule has 4 saturated carbocycles. The first-order valence-electron chi connectivity index (χ1n) is 16.8. The van der Waals surface area contributed by atoms with Crippen molar-refractivity contribution < 1.29 is 29.3 Å². The van der Waals surface area contributed by atoms with E-state index in [0.29, 0.717) is 64.1 Å². The fourth-order valence-corrected chi connectivity index (χ4v) is 10.8. The van der Waals surface area contributed by atoms with Crippen molar-refractivity contribution in [2.45, 2.75) is 111 Å². The second kappa shape index (κ2) is 11.6. The molecule has 4 aliphatic carbocycles. The van der Waals surface area contributed by atoms with Gasteiger partial charge < -0.3 is 25.1 Å². The average Bonchev–Trinajstić information content (AvgIpc) is 3.33. The second-order valence-corrected chi connectivity index (χ2v) is 15.2. The summed E-state index contributed by atoms with van der Waals surface area (Å²) in [5.41, 5.74) is 0.962. The molecule has 44 heavy (non-hydrogen) atoms. The number of aryl methyl sites for hydroxylation is 1. The van der Waals surface area contributed by atoms with Gasteiger partial charge in [-0.2, -0.15) is 0 Å². The molecule has 240 valence electrons. The van der Waals surface area contributed by atoms with Crippen LogP contribution in [0.3, 0.4) is 0 Å². The van der Waals surface area contributed by atoms with Crippen LogP contribution in [-0.2, 0) is 16.0 Å². The summed E-state index contributed by atoms with van der Waals surface area (Å²) in [5, 5.41) is 34.9. The van der Waals surface area contributed by atoms with Crippen molar-refractivity contribution in [1.82, 2.24) is 0 Å². The van der Waals surface area contributed by atoms with Crippen LogP contribution in [0.2, 0.25) is 0 Å². The van der Waals surface area contributed by atoms with E-state index in [0.717, 1.165) is 44.9 Å². The number of rotatable bonds is 7. The molecular formula is C36H49NO7. The number of carboxylic acid groups (broad SMARTS) is 1. The number of aliphatic hydroxyl groups excluding tert-OH is 2.